The smallest absolute Gasteiger partial charge is 0.0493 e. The first-order valence-corrected chi connectivity index (χ1v) is 5.09. The van der Waals surface area contributed by atoms with Crippen LogP contribution in [0.15, 0.2) is 0 Å². The lowest BCUT2D eigenvalue weighted by molar-refractivity contribution is 0.0677. The molecule has 0 fully saturated rings. The minimum absolute atomic E-state index is 0.590. The second kappa shape index (κ2) is 7.34. The van der Waals surface area contributed by atoms with E-state index in [9.17, 15) is 0 Å². The predicted octanol–water partition coefficient (Wildman–Crippen LogP) is 2.58. The maximum absolute atomic E-state index is 5.22. The summed E-state index contributed by atoms with van der Waals surface area (Å²) < 4.78 is 10.4. The van der Waals surface area contributed by atoms with Gasteiger partial charge < -0.3 is 9.47 Å². The monoisotopic (exact) mass is 188 g/mol. The first-order valence-electron chi connectivity index (χ1n) is 5.09. The second-order valence-electron chi connectivity index (χ2n) is 4.28. The number of hydrogen-bond donors (Lipinski definition) is 0. The van der Waals surface area contributed by atoms with Crippen molar-refractivity contribution in [3.8, 4) is 0 Å². The van der Waals surface area contributed by atoms with E-state index in [1.165, 1.54) is 6.42 Å². The molecule has 0 spiro atoms. The molecule has 0 amide bonds. The van der Waals surface area contributed by atoms with Crippen LogP contribution in [0.1, 0.15) is 27.2 Å². The molecule has 2 atom stereocenters. The van der Waals surface area contributed by atoms with Crippen molar-refractivity contribution in [2.24, 2.45) is 17.8 Å². The molecular formula is C11H24O2. The van der Waals surface area contributed by atoms with Crippen molar-refractivity contribution >= 4 is 0 Å². The van der Waals surface area contributed by atoms with Gasteiger partial charge in [-0.25, -0.2) is 0 Å². The SMILES string of the molecule is COCC(C)C(COC)CC(C)C. The van der Waals surface area contributed by atoms with E-state index in [1.807, 2.05) is 0 Å². The lowest BCUT2D eigenvalue weighted by Crippen LogP contribution is -2.22. The van der Waals surface area contributed by atoms with Crippen LogP contribution in [0.2, 0.25) is 0 Å². The molecule has 0 aromatic carbocycles. The Labute approximate surface area is 82.6 Å². The third kappa shape index (κ3) is 6.05. The van der Waals surface area contributed by atoms with Crippen LogP contribution in [-0.2, 0) is 9.47 Å². The van der Waals surface area contributed by atoms with Crippen molar-refractivity contribution in [3.63, 3.8) is 0 Å². The van der Waals surface area contributed by atoms with Crippen LogP contribution in [0.5, 0.6) is 0 Å². The Morgan fingerprint density at radius 3 is 1.85 bits per heavy atom. The van der Waals surface area contributed by atoms with Crippen LogP contribution >= 0.6 is 0 Å². The molecule has 2 heteroatoms. The van der Waals surface area contributed by atoms with Crippen molar-refractivity contribution in [2.75, 3.05) is 27.4 Å². The van der Waals surface area contributed by atoms with Crippen LogP contribution in [0, 0.1) is 17.8 Å². The van der Waals surface area contributed by atoms with E-state index in [0.717, 1.165) is 19.1 Å². The number of hydrogen-bond acceptors (Lipinski definition) is 2. The molecule has 0 bridgehead atoms. The Balaban J connectivity index is 3.90. The van der Waals surface area contributed by atoms with Crippen molar-refractivity contribution < 1.29 is 9.47 Å². The fraction of sp³-hybridized carbons (Fsp3) is 1.00. The molecule has 0 aliphatic heterocycles. The van der Waals surface area contributed by atoms with Gasteiger partial charge in [0.05, 0.1) is 0 Å². The predicted molar refractivity (Wildman–Crippen MR) is 55.9 cm³/mol. The Hall–Kier alpha value is -0.0800. The zero-order chi connectivity index (χ0) is 10.3. The van der Waals surface area contributed by atoms with Gasteiger partial charge in [-0.15, -0.1) is 0 Å². The lowest BCUT2D eigenvalue weighted by Gasteiger charge is -2.24. The molecule has 0 heterocycles. The summed E-state index contributed by atoms with van der Waals surface area (Å²) in [4.78, 5) is 0. The third-order valence-electron chi connectivity index (χ3n) is 2.39. The molecule has 2 nitrogen and oxygen atoms in total. The normalized spacial score (nSPS) is 16.2. The summed E-state index contributed by atoms with van der Waals surface area (Å²) in [5.41, 5.74) is 0. The van der Waals surface area contributed by atoms with E-state index >= 15 is 0 Å². The van der Waals surface area contributed by atoms with Gasteiger partial charge in [-0.2, -0.15) is 0 Å². The maximum Gasteiger partial charge on any atom is 0.0493 e. The van der Waals surface area contributed by atoms with Gasteiger partial charge in [0.25, 0.3) is 0 Å². The van der Waals surface area contributed by atoms with Gasteiger partial charge in [0.2, 0.25) is 0 Å². The minimum Gasteiger partial charge on any atom is -0.384 e. The van der Waals surface area contributed by atoms with E-state index in [1.54, 1.807) is 14.2 Å². The van der Waals surface area contributed by atoms with Gasteiger partial charge in [0.1, 0.15) is 0 Å². The second-order valence-corrected chi connectivity index (χ2v) is 4.28. The molecule has 0 N–H and O–H groups in total. The average molecular weight is 188 g/mol. The Morgan fingerprint density at radius 1 is 0.923 bits per heavy atom. The summed E-state index contributed by atoms with van der Waals surface area (Å²) in [6, 6.07) is 0. The first kappa shape index (κ1) is 12.9. The highest BCUT2D eigenvalue weighted by molar-refractivity contribution is 4.67. The highest BCUT2D eigenvalue weighted by atomic mass is 16.5. The van der Waals surface area contributed by atoms with Crippen LogP contribution in [0.4, 0.5) is 0 Å². The van der Waals surface area contributed by atoms with Crippen molar-refractivity contribution in [1.82, 2.24) is 0 Å². The average Bonchev–Trinajstić information content (AvgIpc) is 2.03. The zero-order valence-electron chi connectivity index (χ0n) is 9.67. The van der Waals surface area contributed by atoms with Gasteiger partial charge in [-0.05, 0) is 24.2 Å². The van der Waals surface area contributed by atoms with Crippen LogP contribution < -0.4 is 0 Å². The fourth-order valence-corrected chi connectivity index (χ4v) is 1.68. The summed E-state index contributed by atoms with van der Waals surface area (Å²) in [6.07, 6.45) is 1.22. The van der Waals surface area contributed by atoms with E-state index < -0.39 is 0 Å². The zero-order valence-corrected chi connectivity index (χ0v) is 9.67. The summed E-state index contributed by atoms with van der Waals surface area (Å²) in [5, 5.41) is 0. The van der Waals surface area contributed by atoms with Crippen molar-refractivity contribution in [3.05, 3.63) is 0 Å². The van der Waals surface area contributed by atoms with Gasteiger partial charge in [-0.3, -0.25) is 0 Å². The van der Waals surface area contributed by atoms with Gasteiger partial charge >= 0.3 is 0 Å². The highest BCUT2D eigenvalue weighted by Gasteiger charge is 2.18. The maximum atomic E-state index is 5.22. The molecule has 0 radical (unpaired) electrons. The topological polar surface area (TPSA) is 18.5 Å². The third-order valence-corrected chi connectivity index (χ3v) is 2.39. The molecule has 0 saturated carbocycles. The molecule has 13 heavy (non-hydrogen) atoms. The molecule has 0 aromatic rings. The molecule has 2 unspecified atom stereocenters. The summed E-state index contributed by atoms with van der Waals surface area (Å²) in [6.45, 7) is 8.42. The summed E-state index contributed by atoms with van der Waals surface area (Å²) in [5.74, 6) is 1.96. The largest absolute Gasteiger partial charge is 0.384 e. The number of rotatable bonds is 7. The van der Waals surface area contributed by atoms with Crippen LogP contribution in [-0.4, -0.2) is 27.4 Å². The van der Waals surface area contributed by atoms with E-state index in [0.29, 0.717) is 11.8 Å². The van der Waals surface area contributed by atoms with Gasteiger partial charge in [-0.1, -0.05) is 20.8 Å². The van der Waals surface area contributed by atoms with E-state index in [4.69, 9.17) is 9.47 Å². The minimum atomic E-state index is 0.590. The molecule has 80 valence electrons. The Kier molecular flexibility index (Phi) is 7.29. The van der Waals surface area contributed by atoms with Crippen LogP contribution in [0.25, 0.3) is 0 Å². The fourth-order valence-electron chi connectivity index (χ4n) is 1.68. The molecule has 0 aromatic heterocycles. The van der Waals surface area contributed by atoms with Crippen LogP contribution in [0.3, 0.4) is 0 Å². The molecule has 0 saturated heterocycles. The Bertz CT molecular complexity index is 113. The first-order chi connectivity index (χ1) is 6.11. The lowest BCUT2D eigenvalue weighted by atomic mass is 9.87. The number of methoxy groups -OCH3 is 2. The standard InChI is InChI=1S/C11H24O2/c1-9(2)6-11(8-13-5)10(3)7-12-4/h9-11H,6-8H2,1-5H3. The van der Waals surface area contributed by atoms with E-state index in [-0.39, 0.29) is 0 Å². The molecule has 0 aliphatic rings. The quantitative estimate of drug-likeness (QED) is 0.611. The van der Waals surface area contributed by atoms with E-state index in [2.05, 4.69) is 20.8 Å². The van der Waals surface area contributed by atoms with Crippen molar-refractivity contribution in [2.45, 2.75) is 27.2 Å². The number of ether oxygens (including phenoxy) is 2. The molecular weight excluding hydrogens is 164 g/mol. The summed E-state index contributed by atoms with van der Waals surface area (Å²) in [7, 11) is 3.53. The van der Waals surface area contributed by atoms with Gasteiger partial charge in [0, 0.05) is 27.4 Å². The van der Waals surface area contributed by atoms with Gasteiger partial charge in [0.15, 0.2) is 0 Å². The summed E-state index contributed by atoms with van der Waals surface area (Å²) >= 11 is 0. The highest BCUT2D eigenvalue weighted by Crippen LogP contribution is 2.20. The molecule has 0 aliphatic carbocycles. The van der Waals surface area contributed by atoms with Crippen molar-refractivity contribution in [1.29, 1.82) is 0 Å². The molecule has 0 rings (SSSR count). The Morgan fingerprint density at radius 2 is 1.46 bits per heavy atom.